The molecule has 1 atom stereocenters. The number of hydrogen-bond acceptors (Lipinski definition) is 3. The van der Waals surface area contributed by atoms with Crippen molar-refractivity contribution >= 4 is 5.91 Å². The first-order valence-electron chi connectivity index (χ1n) is 6.78. The number of ether oxygens (including phenoxy) is 1. The standard InChI is InChI=1S/C13H24N2O2/c1-3-14-7-4-11(5-8-14)13(16)15-9-6-12(15)10-17-2/h11-12H,3-10H2,1-2H3/t12-/m0/s1. The molecule has 2 saturated heterocycles. The number of carbonyl (C=O) groups excluding carboxylic acids is 1. The van der Waals surface area contributed by atoms with Gasteiger partial charge in [0.25, 0.3) is 0 Å². The predicted octanol–water partition coefficient (Wildman–Crippen LogP) is 0.966. The van der Waals surface area contributed by atoms with E-state index in [-0.39, 0.29) is 5.92 Å². The van der Waals surface area contributed by atoms with Crippen LogP contribution in [0.5, 0.6) is 0 Å². The molecule has 0 aromatic carbocycles. The van der Waals surface area contributed by atoms with Gasteiger partial charge in [-0.15, -0.1) is 0 Å². The number of likely N-dealkylation sites (tertiary alicyclic amines) is 2. The van der Waals surface area contributed by atoms with Crippen LogP contribution >= 0.6 is 0 Å². The predicted molar refractivity (Wildman–Crippen MR) is 66.8 cm³/mol. The van der Waals surface area contributed by atoms with Crippen molar-refractivity contribution in [2.45, 2.75) is 32.2 Å². The molecular weight excluding hydrogens is 216 g/mol. The van der Waals surface area contributed by atoms with Gasteiger partial charge in [-0.3, -0.25) is 4.79 Å². The molecule has 4 heteroatoms. The highest BCUT2D eigenvalue weighted by Gasteiger charge is 2.36. The number of methoxy groups -OCH3 is 1. The number of piperidine rings is 1. The Labute approximate surface area is 104 Å². The highest BCUT2D eigenvalue weighted by molar-refractivity contribution is 5.80. The van der Waals surface area contributed by atoms with E-state index in [1.54, 1.807) is 7.11 Å². The second-order valence-electron chi connectivity index (χ2n) is 5.14. The molecule has 17 heavy (non-hydrogen) atoms. The number of carbonyl (C=O) groups is 1. The molecule has 2 aliphatic rings. The minimum absolute atomic E-state index is 0.262. The molecule has 2 rings (SSSR count). The van der Waals surface area contributed by atoms with Crippen LogP contribution in [0.25, 0.3) is 0 Å². The van der Waals surface area contributed by atoms with Crippen molar-refractivity contribution in [1.82, 2.24) is 9.80 Å². The molecule has 2 aliphatic heterocycles. The van der Waals surface area contributed by atoms with Gasteiger partial charge in [0.05, 0.1) is 12.6 Å². The van der Waals surface area contributed by atoms with Gasteiger partial charge >= 0.3 is 0 Å². The van der Waals surface area contributed by atoms with Crippen molar-refractivity contribution in [2.75, 3.05) is 39.9 Å². The third kappa shape index (κ3) is 2.80. The fourth-order valence-corrected chi connectivity index (χ4v) is 2.83. The summed E-state index contributed by atoms with van der Waals surface area (Å²) in [5, 5.41) is 0. The minimum atomic E-state index is 0.262. The Hall–Kier alpha value is -0.610. The van der Waals surface area contributed by atoms with E-state index in [1.165, 1.54) is 0 Å². The zero-order valence-corrected chi connectivity index (χ0v) is 11.0. The average Bonchev–Trinajstić information content (AvgIpc) is 2.34. The van der Waals surface area contributed by atoms with Crippen LogP contribution < -0.4 is 0 Å². The molecule has 1 amide bonds. The molecule has 0 N–H and O–H groups in total. The summed E-state index contributed by atoms with van der Waals surface area (Å²) >= 11 is 0. The molecule has 0 spiro atoms. The van der Waals surface area contributed by atoms with Crippen molar-refractivity contribution in [3.63, 3.8) is 0 Å². The Bertz CT molecular complexity index is 262. The maximum absolute atomic E-state index is 12.3. The van der Waals surface area contributed by atoms with Crippen molar-refractivity contribution in [3.05, 3.63) is 0 Å². The largest absolute Gasteiger partial charge is 0.383 e. The summed E-state index contributed by atoms with van der Waals surface area (Å²) in [6, 6.07) is 0.344. The fraction of sp³-hybridized carbons (Fsp3) is 0.923. The van der Waals surface area contributed by atoms with Gasteiger partial charge in [-0.2, -0.15) is 0 Å². The molecule has 98 valence electrons. The van der Waals surface area contributed by atoms with Crippen LogP contribution in [0.15, 0.2) is 0 Å². The lowest BCUT2D eigenvalue weighted by molar-refractivity contribution is -0.147. The van der Waals surface area contributed by atoms with Crippen LogP contribution in [-0.4, -0.2) is 61.6 Å². The lowest BCUT2D eigenvalue weighted by Gasteiger charge is -2.43. The average molecular weight is 240 g/mol. The van der Waals surface area contributed by atoms with Gasteiger partial charge in [0, 0.05) is 19.6 Å². The molecular formula is C13H24N2O2. The van der Waals surface area contributed by atoms with Crippen molar-refractivity contribution in [2.24, 2.45) is 5.92 Å². The third-order valence-electron chi connectivity index (χ3n) is 4.17. The summed E-state index contributed by atoms with van der Waals surface area (Å²) in [7, 11) is 1.71. The SMILES string of the molecule is CCN1CCC(C(=O)N2CC[C@H]2COC)CC1. The highest BCUT2D eigenvalue weighted by atomic mass is 16.5. The Morgan fingerprint density at radius 1 is 1.24 bits per heavy atom. The second-order valence-corrected chi connectivity index (χ2v) is 5.14. The first-order valence-corrected chi connectivity index (χ1v) is 6.78. The maximum atomic E-state index is 12.3. The van der Waals surface area contributed by atoms with Gasteiger partial charge < -0.3 is 14.5 Å². The number of rotatable bonds is 4. The van der Waals surface area contributed by atoms with Crippen molar-refractivity contribution in [3.8, 4) is 0 Å². The molecule has 0 aliphatic carbocycles. The zero-order valence-electron chi connectivity index (χ0n) is 11.0. The van der Waals surface area contributed by atoms with Crippen LogP contribution in [0, 0.1) is 5.92 Å². The van der Waals surface area contributed by atoms with E-state index >= 15 is 0 Å². The van der Waals surface area contributed by atoms with Crippen molar-refractivity contribution < 1.29 is 9.53 Å². The lowest BCUT2D eigenvalue weighted by atomic mass is 9.92. The van der Waals surface area contributed by atoms with Gasteiger partial charge in [-0.25, -0.2) is 0 Å². The summed E-state index contributed by atoms with van der Waals surface area (Å²) in [5.41, 5.74) is 0. The number of amides is 1. The van der Waals surface area contributed by atoms with Gasteiger partial charge in [-0.1, -0.05) is 6.92 Å². The van der Waals surface area contributed by atoms with E-state index in [9.17, 15) is 4.79 Å². The molecule has 2 fully saturated rings. The quantitative estimate of drug-likeness (QED) is 0.734. The molecule has 0 radical (unpaired) electrons. The summed E-state index contributed by atoms with van der Waals surface area (Å²) in [4.78, 5) is 16.8. The van der Waals surface area contributed by atoms with E-state index < -0.39 is 0 Å². The van der Waals surface area contributed by atoms with E-state index in [2.05, 4.69) is 11.8 Å². The Kier molecular flexibility index (Phi) is 4.40. The highest BCUT2D eigenvalue weighted by Crippen LogP contribution is 2.25. The third-order valence-corrected chi connectivity index (χ3v) is 4.17. The summed E-state index contributed by atoms with van der Waals surface area (Å²) < 4.78 is 5.15. The summed E-state index contributed by atoms with van der Waals surface area (Å²) in [6.07, 6.45) is 3.17. The lowest BCUT2D eigenvalue weighted by Crippen LogP contribution is -2.56. The maximum Gasteiger partial charge on any atom is 0.226 e. The first-order chi connectivity index (χ1) is 8.26. The van der Waals surface area contributed by atoms with E-state index in [0.717, 1.165) is 45.4 Å². The van der Waals surface area contributed by atoms with Crippen LogP contribution in [0.1, 0.15) is 26.2 Å². The molecule has 0 aromatic rings. The summed E-state index contributed by atoms with van der Waals surface area (Å²) in [6.45, 7) is 7.08. The molecule has 4 nitrogen and oxygen atoms in total. The molecule has 0 bridgehead atoms. The molecule has 0 aromatic heterocycles. The monoisotopic (exact) mass is 240 g/mol. The van der Waals surface area contributed by atoms with Crippen LogP contribution in [0.4, 0.5) is 0 Å². The first kappa shape index (κ1) is 12.8. The molecule has 0 unspecified atom stereocenters. The van der Waals surface area contributed by atoms with Crippen LogP contribution in [-0.2, 0) is 9.53 Å². The number of hydrogen-bond donors (Lipinski definition) is 0. The normalized spacial score (nSPS) is 26.9. The van der Waals surface area contributed by atoms with Gasteiger partial charge in [0.2, 0.25) is 5.91 Å². The van der Waals surface area contributed by atoms with Crippen LogP contribution in [0.2, 0.25) is 0 Å². The van der Waals surface area contributed by atoms with Crippen LogP contribution in [0.3, 0.4) is 0 Å². The smallest absolute Gasteiger partial charge is 0.226 e. The topological polar surface area (TPSA) is 32.8 Å². The fourth-order valence-electron chi connectivity index (χ4n) is 2.83. The second kappa shape index (κ2) is 5.83. The Balaban J connectivity index is 1.80. The Morgan fingerprint density at radius 3 is 2.41 bits per heavy atom. The van der Waals surface area contributed by atoms with Gasteiger partial charge in [-0.05, 0) is 38.9 Å². The minimum Gasteiger partial charge on any atom is -0.383 e. The zero-order chi connectivity index (χ0) is 12.3. The molecule has 0 saturated carbocycles. The van der Waals surface area contributed by atoms with Gasteiger partial charge in [0.15, 0.2) is 0 Å². The summed E-state index contributed by atoms with van der Waals surface area (Å²) in [5.74, 6) is 0.631. The van der Waals surface area contributed by atoms with E-state index in [1.807, 2.05) is 4.90 Å². The molecule has 2 heterocycles. The number of nitrogens with zero attached hydrogens (tertiary/aromatic N) is 2. The van der Waals surface area contributed by atoms with Crippen molar-refractivity contribution in [1.29, 1.82) is 0 Å². The van der Waals surface area contributed by atoms with E-state index in [0.29, 0.717) is 18.6 Å². The Morgan fingerprint density at radius 2 is 1.94 bits per heavy atom. The van der Waals surface area contributed by atoms with E-state index in [4.69, 9.17) is 4.74 Å². The van der Waals surface area contributed by atoms with Gasteiger partial charge in [0.1, 0.15) is 0 Å².